The molecule has 0 aromatic rings. The predicted octanol–water partition coefficient (Wildman–Crippen LogP) is -0.630. The number of nitrogens with one attached hydrogen (secondary N) is 2. The third-order valence-electron chi connectivity index (χ3n) is 6.07. The molecule has 5 amide bonds. The number of carbonyl (C=O) groups is 5. The molecule has 1 fully saturated rings. The van der Waals surface area contributed by atoms with E-state index >= 15 is 0 Å². The maximum Gasteiger partial charge on any atom is 0.239 e. The molecule has 0 spiro atoms. The number of rotatable bonds is 19. The van der Waals surface area contributed by atoms with Crippen LogP contribution < -0.4 is 27.8 Å². The molecule has 11 heteroatoms. The lowest BCUT2D eigenvalue weighted by molar-refractivity contribution is -0.139. The summed E-state index contributed by atoms with van der Waals surface area (Å²) in [5, 5.41) is 5.49. The van der Waals surface area contributed by atoms with Crippen LogP contribution in [0.4, 0.5) is 0 Å². The van der Waals surface area contributed by atoms with Crippen molar-refractivity contribution in [3.8, 4) is 0 Å². The van der Waals surface area contributed by atoms with Crippen molar-refractivity contribution in [3.63, 3.8) is 0 Å². The summed E-state index contributed by atoms with van der Waals surface area (Å²) in [5.41, 5.74) is 16.1. The molecular weight excluding hydrogens is 440 g/mol. The van der Waals surface area contributed by atoms with E-state index < -0.39 is 0 Å². The molecule has 0 aromatic carbocycles. The highest BCUT2D eigenvalue weighted by atomic mass is 16.2. The summed E-state index contributed by atoms with van der Waals surface area (Å²) >= 11 is 0. The van der Waals surface area contributed by atoms with E-state index in [1.165, 1.54) is 4.90 Å². The van der Waals surface area contributed by atoms with E-state index in [0.717, 1.165) is 32.1 Å². The Labute approximate surface area is 201 Å². The molecule has 8 N–H and O–H groups in total. The molecule has 2 atom stereocenters. The Balaban J connectivity index is 2.32. The van der Waals surface area contributed by atoms with Gasteiger partial charge in [0, 0.05) is 37.9 Å². The summed E-state index contributed by atoms with van der Waals surface area (Å²) in [6, 6.07) is 0. The lowest BCUT2D eigenvalue weighted by Gasteiger charge is -2.21. The molecule has 11 nitrogen and oxygen atoms in total. The van der Waals surface area contributed by atoms with Gasteiger partial charge in [0.2, 0.25) is 29.5 Å². The Morgan fingerprint density at radius 1 is 0.853 bits per heavy atom. The highest BCUT2D eigenvalue weighted by Crippen LogP contribution is 2.39. The largest absolute Gasteiger partial charge is 0.369 e. The monoisotopic (exact) mass is 482 g/mol. The second kappa shape index (κ2) is 16.0. The second-order valence-corrected chi connectivity index (χ2v) is 9.13. The maximum absolute atomic E-state index is 12.3. The van der Waals surface area contributed by atoms with Gasteiger partial charge in [0.1, 0.15) is 13.1 Å². The quantitative estimate of drug-likeness (QED) is 0.152. The lowest BCUT2D eigenvalue weighted by Crippen LogP contribution is -2.46. The summed E-state index contributed by atoms with van der Waals surface area (Å²) in [6.07, 6.45) is 6.42. The number of amides is 5. The van der Waals surface area contributed by atoms with Crippen LogP contribution in [-0.2, 0) is 24.0 Å². The van der Waals surface area contributed by atoms with Crippen molar-refractivity contribution in [2.24, 2.45) is 35.0 Å². The van der Waals surface area contributed by atoms with Crippen molar-refractivity contribution in [3.05, 3.63) is 0 Å². The summed E-state index contributed by atoms with van der Waals surface area (Å²) in [5.74, 6) is -1.54. The fraction of sp³-hybridized carbons (Fsp3) is 0.783. The predicted molar refractivity (Wildman–Crippen MR) is 128 cm³/mol. The van der Waals surface area contributed by atoms with Crippen molar-refractivity contribution >= 4 is 29.5 Å². The molecule has 1 rings (SSSR count). The topological polar surface area (TPSA) is 191 Å². The number of primary amides is 2. The minimum absolute atomic E-state index is 0.0429. The van der Waals surface area contributed by atoms with Gasteiger partial charge in [-0.15, -0.1) is 0 Å². The van der Waals surface area contributed by atoms with Crippen molar-refractivity contribution in [1.82, 2.24) is 15.5 Å². The van der Waals surface area contributed by atoms with Gasteiger partial charge in [-0.2, -0.15) is 0 Å². The molecule has 0 aromatic heterocycles. The van der Waals surface area contributed by atoms with Gasteiger partial charge in [-0.1, -0.05) is 19.8 Å². The van der Waals surface area contributed by atoms with E-state index in [9.17, 15) is 24.0 Å². The zero-order valence-electron chi connectivity index (χ0n) is 20.4. The molecule has 34 heavy (non-hydrogen) atoms. The first-order chi connectivity index (χ1) is 16.1. The molecule has 194 valence electrons. The van der Waals surface area contributed by atoms with Crippen molar-refractivity contribution in [2.75, 3.05) is 32.7 Å². The highest BCUT2D eigenvalue weighted by Gasteiger charge is 2.34. The fourth-order valence-electron chi connectivity index (χ4n) is 3.74. The van der Waals surface area contributed by atoms with Crippen LogP contribution in [0.2, 0.25) is 0 Å². The standard InChI is InChI=1S/C23H42N6O5/c1-16(22(25)33)6-2-4-12-27-19(30)14-29(21(32)10-11-24)15-20(31)28-13-5-3-7-18(23(26)34)17-8-9-17/h16-18H,2-15,24H2,1H3,(H2,25,33)(H2,26,34)(H,27,30)(H,28,31). The zero-order valence-corrected chi connectivity index (χ0v) is 20.4. The van der Waals surface area contributed by atoms with Crippen LogP contribution >= 0.6 is 0 Å². The third-order valence-corrected chi connectivity index (χ3v) is 6.07. The Kier molecular flexibility index (Phi) is 13.8. The van der Waals surface area contributed by atoms with Gasteiger partial charge < -0.3 is 32.7 Å². The van der Waals surface area contributed by atoms with Crippen LogP contribution in [0, 0.1) is 17.8 Å². The molecule has 1 aliphatic rings. The summed E-state index contributed by atoms with van der Waals surface area (Å²) < 4.78 is 0. The summed E-state index contributed by atoms with van der Waals surface area (Å²) in [7, 11) is 0. The van der Waals surface area contributed by atoms with Crippen LogP contribution in [-0.4, -0.2) is 67.2 Å². The number of hydrogen-bond acceptors (Lipinski definition) is 6. The van der Waals surface area contributed by atoms with Gasteiger partial charge in [-0.05, 0) is 44.4 Å². The van der Waals surface area contributed by atoms with Gasteiger partial charge in [-0.3, -0.25) is 24.0 Å². The molecule has 1 saturated carbocycles. The Morgan fingerprint density at radius 3 is 1.82 bits per heavy atom. The smallest absolute Gasteiger partial charge is 0.239 e. The third kappa shape index (κ3) is 12.5. The molecule has 0 aliphatic heterocycles. The summed E-state index contributed by atoms with van der Waals surface area (Å²) in [4.78, 5) is 60.6. The molecular formula is C23H42N6O5. The number of unbranched alkanes of at least 4 members (excludes halogenated alkanes) is 2. The minimum atomic E-state index is -0.364. The van der Waals surface area contributed by atoms with Gasteiger partial charge in [0.05, 0.1) is 0 Å². The number of carbonyl (C=O) groups excluding carboxylic acids is 5. The van der Waals surface area contributed by atoms with E-state index in [-0.39, 0.29) is 67.4 Å². The molecule has 0 bridgehead atoms. The Hall–Kier alpha value is -2.69. The summed E-state index contributed by atoms with van der Waals surface area (Å²) in [6.45, 7) is 2.25. The van der Waals surface area contributed by atoms with Gasteiger partial charge in [-0.25, -0.2) is 0 Å². The number of hydrogen-bond donors (Lipinski definition) is 5. The SMILES string of the molecule is CC(CCCCNC(=O)CN(CC(=O)NCCCCC(C(N)=O)C1CC1)C(=O)CCN)C(N)=O. The van der Waals surface area contributed by atoms with E-state index in [2.05, 4.69) is 10.6 Å². The van der Waals surface area contributed by atoms with Gasteiger partial charge in [0.25, 0.3) is 0 Å². The first kappa shape index (κ1) is 29.3. The number of nitrogens with two attached hydrogens (primary N) is 3. The first-order valence-corrected chi connectivity index (χ1v) is 12.3. The minimum Gasteiger partial charge on any atom is -0.369 e. The normalized spacial score (nSPS) is 14.6. The zero-order chi connectivity index (χ0) is 25.5. The molecule has 1 aliphatic carbocycles. The first-order valence-electron chi connectivity index (χ1n) is 12.3. The van der Waals surface area contributed by atoms with Crippen molar-refractivity contribution < 1.29 is 24.0 Å². The maximum atomic E-state index is 12.3. The molecule has 0 radical (unpaired) electrons. The van der Waals surface area contributed by atoms with E-state index in [4.69, 9.17) is 17.2 Å². The Morgan fingerprint density at radius 2 is 1.38 bits per heavy atom. The lowest BCUT2D eigenvalue weighted by atomic mass is 9.96. The van der Waals surface area contributed by atoms with Crippen LogP contribution in [0.15, 0.2) is 0 Å². The average Bonchev–Trinajstić information content (AvgIpc) is 3.60. The fourth-order valence-corrected chi connectivity index (χ4v) is 3.74. The van der Waals surface area contributed by atoms with Crippen LogP contribution in [0.3, 0.4) is 0 Å². The molecule has 0 saturated heterocycles. The molecule has 2 unspecified atom stereocenters. The van der Waals surface area contributed by atoms with Crippen molar-refractivity contribution in [1.29, 1.82) is 0 Å². The van der Waals surface area contributed by atoms with Gasteiger partial charge >= 0.3 is 0 Å². The molecule has 0 heterocycles. The van der Waals surface area contributed by atoms with E-state index in [1.54, 1.807) is 6.92 Å². The number of nitrogens with zero attached hydrogens (tertiary/aromatic N) is 1. The van der Waals surface area contributed by atoms with Crippen LogP contribution in [0.25, 0.3) is 0 Å². The Bertz CT molecular complexity index is 697. The van der Waals surface area contributed by atoms with Crippen LogP contribution in [0.5, 0.6) is 0 Å². The van der Waals surface area contributed by atoms with E-state index in [0.29, 0.717) is 38.3 Å². The van der Waals surface area contributed by atoms with Crippen LogP contribution in [0.1, 0.15) is 64.7 Å². The highest BCUT2D eigenvalue weighted by molar-refractivity contribution is 5.89. The van der Waals surface area contributed by atoms with E-state index in [1.807, 2.05) is 0 Å². The van der Waals surface area contributed by atoms with Gasteiger partial charge in [0.15, 0.2) is 0 Å². The average molecular weight is 483 g/mol. The second-order valence-electron chi connectivity index (χ2n) is 9.13. The van der Waals surface area contributed by atoms with Crippen molar-refractivity contribution in [2.45, 2.75) is 64.7 Å².